The van der Waals surface area contributed by atoms with Crippen molar-refractivity contribution >= 4 is 5.82 Å². The molecule has 0 radical (unpaired) electrons. The Morgan fingerprint density at radius 2 is 2.43 bits per heavy atom. The van der Waals surface area contributed by atoms with E-state index in [0.29, 0.717) is 18.9 Å². The van der Waals surface area contributed by atoms with Gasteiger partial charge in [0.25, 0.3) is 0 Å². The first-order valence-electron chi connectivity index (χ1n) is 4.75. The number of hydrogen-bond acceptors (Lipinski definition) is 4. The summed E-state index contributed by atoms with van der Waals surface area (Å²) in [6.07, 6.45) is 2.97. The molecular weight excluding hydrogens is 180 g/mol. The molecule has 0 aliphatic heterocycles. The van der Waals surface area contributed by atoms with Crippen molar-refractivity contribution in [2.24, 2.45) is 0 Å². The molecule has 14 heavy (non-hydrogen) atoms. The van der Waals surface area contributed by atoms with Gasteiger partial charge in [0.1, 0.15) is 5.82 Å². The summed E-state index contributed by atoms with van der Waals surface area (Å²) in [6.45, 7) is 4.19. The number of imidazole rings is 1. The molecule has 5 heteroatoms. The van der Waals surface area contributed by atoms with Gasteiger partial charge in [0.05, 0.1) is 19.0 Å². The highest BCUT2D eigenvalue weighted by Crippen LogP contribution is 1.99. The molecule has 0 amide bonds. The molecule has 0 saturated carbocycles. The van der Waals surface area contributed by atoms with E-state index in [9.17, 15) is 5.11 Å². The maximum atomic E-state index is 9.68. The maximum absolute atomic E-state index is 9.68. The van der Waals surface area contributed by atoms with Crippen molar-refractivity contribution in [3.8, 4) is 0 Å². The number of aromatic nitrogens is 2. The predicted molar refractivity (Wildman–Crippen MR) is 55.8 cm³/mol. The zero-order valence-corrected chi connectivity index (χ0v) is 8.72. The number of nitrogens with zero attached hydrogens (tertiary/aromatic N) is 3. The second-order valence-electron chi connectivity index (χ2n) is 3.50. The van der Waals surface area contributed by atoms with Crippen molar-refractivity contribution in [2.75, 3.05) is 25.9 Å². The van der Waals surface area contributed by atoms with E-state index < -0.39 is 0 Å². The van der Waals surface area contributed by atoms with E-state index in [4.69, 9.17) is 5.73 Å². The number of nitrogens with two attached hydrogens (primary N) is 1. The summed E-state index contributed by atoms with van der Waals surface area (Å²) in [5.74, 6) is 0.487. The summed E-state index contributed by atoms with van der Waals surface area (Å²) >= 11 is 0. The summed E-state index contributed by atoms with van der Waals surface area (Å²) in [4.78, 5) is 5.95. The quantitative estimate of drug-likeness (QED) is 0.686. The van der Waals surface area contributed by atoms with Gasteiger partial charge in [-0.25, -0.2) is 4.98 Å². The number of anilines is 1. The van der Waals surface area contributed by atoms with Crippen LogP contribution in [0.2, 0.25) is 0 Å². The highest BCUT2D eigenvalue weighted by Gasteiger charge is 2.07. The van der Waals surface area contributed by atoms with Gasteiger partial charge in [-0.2, -0.15) is 0 Å². The monoisotopic (exact) mass is 198 g/mol. The fourth-order valence-corrected chi connectivity index (χ4v) is 1.27. The minimum Gasteiger partial charge on any atom is -0.390 e. The average Bonchev–Trinajstić information content (AvgIpc) is 2.50. The van der Waals surface area contributed by atoms with Crippen LogP contribution in [0.1, 0.15) is 6.92 Å². The van der Waals surface area contributed by atoms with Crippen LogP contribution in [0.5, 0.6) is 0 Å². The Bertz CT molecular complexity index is 274. The van der Waals surface area contributed by atoms with Gasteiger partial charge in [0.15, 0.2) is 0 Å². The lowest BCUT2D eigenvalue weighted by Crippen LogP contribution is -2.31. The molecule has 1 atom stereocenters. The Labute approximate surface area is 84.2 Å². The van der Waals surface area contributed by atoms with Gasteiger partial charge in [0, 0.05) is 12.7 Å². The highest BCUT2D eigenvalue weighted by atomic mass is 16.3. The van der Waals surface area contributed by atoms with Crippen LogP contribution in [-0.2, 0) is 6.54 Å². The minimum absolute atomic E-state index is 0.381. The molecule has 0 aliphatic rings. The first-order valence-corrected chi connectivity index (χ1v) is 4.75. The number of aliphatic hydroxyl groups excluding tert-OH is 1. The van der Waals surface area contributed by atoms with Crippen LogP contribution in [-0.4, -0.2) is 45.8 Å². The van der Waals surface area contributed by atoms with Crippen molar-refractivity contribution in [2.45, 2.75) is 19.6 Å². The van der Waals surface area contributed by atoms with Gasteiger partial charge in [0.2, 0.25) is 0 Å². The second kappa shape index (κ2) is 4.97. The Morgan fingerprint density at radius 1 is 1.71 bits per heavy atom. The van der Waals surface area contributed by atoms with Crippen molar-refractivity contribution in [1.82, 2.24) is 14.5 Å². The number of rotatable bonds is 5. The van der Waals surface area contributed by atoms with E-state index in [1.165, 1.54) is 0 Å². The molecule has 80 valence electrons. The first-order chi connectivity index (χ1) is 6.61. The number of aliphatic hydroxyl groups is 1. The topological polar surface area (TPSA) is 67.3 Å². The third kappa shape index (κ3) is 3.35. The fourth-order valence-electron chi connectivity index (χ4n) is 1.27. The van der Waals surface area contributed by atoms with Crippen LogP contribution >= 0.6 is 0 Å². The first kappa shape index (κ1) is 11.0. The lowest BCUT2D eigenvalue weighted by Gasteiger charge is -2.18. The van der Waals surface area contributed by atoms with Gasteiger partial charge in [-0.15, -0.1) is 0 Å². The smallest absolute Gasteiger partial charge is 0.141 e. The summed E-state index contributed by atoms with van der Waals surface area (Å²) in [5, 5.41) is 9.68. The molecule has 0 bridgehead atoms. The highest BCUT2D eigenvalue weighted by molar-refractivity contribution is 5.22. The lowest BCUT2D eigenvalue weighted by molar-refractivity contribution is 0.112. The third-order valence-electron chi connectivity index (χ3n) is 2.14. The summed E-state index contributed by atoms with van der Waals surface area (Å²) < 4.78 is 1.80. The fraction of sp³-hybridized carbons (Fsp3) is 0.667. The van der Waals surface area contributed by atoms with Crippen molar-refractivity contribution in [3.05, 3.63) is 12.5 Å². The molecule has 0 aliphatic carbocycles. The zero-order chi connectivity index (χ0) is 10.6. The van der Waals surface area contributed by atoms with Crippen LogP contribution in [0.3, 0.4) is 0 Å². The van der Waals surface area contributed by atoms with E-state index in [-0.39, 0.29) is 6.10 Å². The van der Waals surface area contributed by atoms with Gasteiger partial charge in [-0.05, 0) is 13.6 Å². The van der Waals surface area contributed by atoms with Crippen molar-refractivity contribution in [3.63, 3.8) is 0 Å². The van der Waals surface area contributed by atoms with Gasteiger partial charge in [-0.3, -0.25) is 0 Å². The molecule has 5 nitrogen and oxygen atoms in total. The van der Waals surface area contributed by atoms with Gasteiger partial charge in [-0.1, -0.05) is 6.92 Å². The molecule has 0 spiro atoms. The summed E-state index contributed by atoms with van der Waals surface area (Å²) in [6, 6.07) is 0. The number of nitrogen functional groups attached to an aromatic ring is 1. The Balaban J connectivity index is 2.37. The van der Waals surface area contributed by atoms with E-state index in [0.717, 1.165) is 6.54 Å². The van der Waals surface area contributed by atoms with Crippen LogP contribution in [0.4, 0.5) is 5.82 Å². The molecule has 0 saturated heterocycles. The van der Waals surface area contributed by atoms with Gasteiger partial charge >= 0.3 is 0 Å². The Hall–Kier alpha value is -1.07. The number of likely N-dealkylation sites (N-methyl/N-ethyl adjacent to an activating group) is 1. The van der Waals surface area contributed by atoms with E-state index in [1.54, 1.807) is 17.1 Å². The molecule has 1 unspecified atom stereocenters. The van der Waals surface area contributed by atoms with Crippen LogP contribution in [0.15, 0.2) is 12.5 Å². The van der Waals surface area contributed by atoms with E-state index in [1.807, 2.05) is 7.05 Å². The standard InChI is InChI=1S/C9H18N4O/c1-3-12(2)4-8(14)5-13-6-9(10)11-7-13/h6-8,14H,3-5,10H2,1-2H3. The molecule has 1 rings (SSSR count). The third-order valence-corrected chi connectivity index (χ3v) is 2.14. The molecule has 1 heterocycles. The second-order valence-corrected chi connectivity index (χ2v) is 3.50. The molecule has 1 aromatic rings. The molecule has 3 N–H and O–H groups in total. The molecule has 0 fully saturated rings. The summed E-state index contributed by atoms with van der Waals surface area (Å²) in [7, 11) is 1.98. The lowest BCUT2D eigenvalue weighted by atomic mass is 10.3. The van der Waals surface area contributed by atoms with Crippen LogP contribution in [0, 0.1) is 0 Å². The molecular formula is C9H18N4O. The van der Waals surface area contributed by atoms with E-state index >= 15 is 0 Å². The predicted octanol–water partition coefficient (Wildman–Crippen LogP) is -0.222. The van der Waals surface area contributed by atoms with Gasteiger partial charge < -0.3 is 20.3 Å². The normalized spacial score (nSPS) is 13.4. The largest absolute Gasteiger partial charge is 0.390 e. The van der Waals surface area contributed by atoms with Crippen LogP contribution in [0.25, 0.3) is 0 Å². The van der Waals surface area contributed by atoms with E-state index in [2.05, 4.69) is 16.8 Å². The number of hydrogen-bond donors (Lipinski definition) is 2. The van der Waals surface area contributed by atoms with Crippen molar-refractivity contribution in [1.29, 1.82) is 0 Å². The summed E-state index contributed by atoms with van der Waals surface area (Å²) in [5.41, 5.74) is 5.46. The zero-order valence-electron chi connectivity index (χ0n) is 8.72. The average molecular weight is 198 g/mol. The molecule has 1 aromatic heterocycles. The van der Waals surface area contributed by atoms with Crippen LogP contribution < -0.4 is 5.73 Å². The maximum Gasteiger partial charge on any atom is 0.141 e. The minimum atomic E-state index is -0.381. The molecule has 0 aromatic carbocycles. The Kier molecular flexibility index (Phi) is 3.91. The SMILES string of the molecule is CCN(C)CC(O)Cn1cnc(N)c1. The van der Waals surface area contributed by atoms with Crippen molar-refractivity contribution < 1.29 is 5.11 Å². The Morgan fingerprint density at radius 3 is 2.93 bits per heavy atom.